The Morgan fingerprint density at radius 2 is 1.78 bits per heavy atom. The molecule has 1 unspecified atom stereocenters. The fourth-order valence-electron chi connectivity index (χ4n) is 1.66. The van der Waals surface area contributed by atoms with Crippen molar-refractivity contribution in [2.45, 2.75) is 12.2 Å². The summed E-state index contributed by atoms with van der Waals surface area (Å²) in [6, 6.07) is 5.64. The van der Waals surface area contributed by atoms with Crippen LogP contribution in [0.15, 0.2) is 35.6 Å². The van der Waals surface area contributed by atoms with Crippen molar-refractivity contribution in [3.63, 3.8) is 0 Å². The first-order valence-electron chi connectivity index (χ1n) is 4.98. The fraction of sp³-hybridized carbons (Fsp3) is 0.273. The van der Waals surface area contributed by atoms with E-state index in [9.17, 15) is 13.2 Å². The van der Waals surface area contributed by atoms with E-state index in [1.807, 2.05) is 0 Å². The molecule has 1 aliphatic rings. The number of hydrogen-bond donors (Lipinski definition) is 0. The molecule has 0 saturated heterocycles. The van der Waals surface area contributed by atoms with Crippen LogP contribution in [-0.4, -0.2) is 17.8 Å². The zero-order valence-corrected chi connectivity index (χ0v) is 10.4. The number of halogens is 5. The minimum absolute atomic E-state index is 0.196. The maximum absolute atomic E-state index is 12.4. The van der Waals surface area contributed by atoms with E-state index in [1.165, 1.54) is 0 Å². The van der Waals surface area contributed by atoms with Gasteiger partial charge in [-0.15, -0.1) is 5.06 Å². The Hall–Kier alpha value is -0.910. The van der Waals surface area contributed by atoms with E-state index in [-0.39, 0.29) is 5.03 Å². The third-order valence-electron chi connectivity index (χ3n) is 2.37. The van der Waals surface area contributed by atoms with Crippen LogP contribution in [0.1, 0.15) is 11.6 Å². The molecule has 7 heteroatoms. The second-order valence-electron chi connectivity index (χ2n) is 3.75. The molecule has 0 bridgehead atoms. The molecule has 0 saturated carbocycles. The Morgan fingerprint density at radius 1 is 1.17 bits per heavy atom. The summed E-state index contributed by atoms with van der Waals surface area (Å²) in [4.78, 5) is 4.82. The molecule has 2 rings (SSSR count). The molecular weight excluding hydrogens is 290 g/mol. The number of rotatable bonds is 2. The zero-order valence-electron chi connectivity index (χ0n) is 8.92. The van der Waals surface area contributed by atoms with Crippen LogP contribution in [0.2, 0.25) is 5.02 Å². The molecule has 0 amide bonds. The topological polar surface area (TPSA) is 12.5 Å². The van der Waals surface area contributed by atoms with Crippen molar-refractivity contribution >= 4 is 23.2 Å². The monoisotopic (exact) mass is 297 g/mol. The minimum Gasteiger partial charge on any atom is -0.411 e. The molecule has 1 aromatic rings. The molecule has 2 nitrogen and oxygen atoms in total. The van der Waals surface area contributed by atoms with Crippen molar-refractivity contribution in [3.05, 3.63) is 46.1 Å². The van der Waals surface area contributed by atoms with Crippen molar-refractivity contribution in [2.24, 2.45) is 0 Å². The number of hydroxylamine groups is 2. The number of nitrogens with zero attached hydrogens (tertiary/aromatic N) is 1. The summed E-state index contributed by atoms with van der Waals surface area (Å²) >= 11 is 11.6. The first-order chi connectivity index (χ1) is 8.37. The van der Waals surface area contributed by atoms with Gasteiger partial charge < -0.3 is 4.84 Å². The Bertz CT molecular complexity index is 458. The molecule has 18 heavy (non-hydrogen) atoms. The van der Waals surface area contributed by atoms with Crippen LogP contribution in [0.3, 0.4) is 0 Å². The van der Waals surface area contributed by atoms with E-state index in [0.717, 1.165) is 11.3 Å². The summed E-state index contributed by atoms with van der Waals surface area (Å²) in [6.45, 7) is -1.20. The summed E-state index contributed by atoms with van der Waals surface area (Å²) in [6.07, 6.45) is -3.26. The highest BCUT2D eigenvalue weighted by Crippen LogP contribution is 2.38. The lowest BCUT2D eigenvalue weighted by Crippen LogP contribution is -2.33. The van der Waals surface area contributed by atoms with Crippen LogP contribution < -0.4 is 0 Å². The quantitative estimate of drug-likeness (QED) is 0.808. The maximum Gasteiger partial charge on any atom is 0.404 e. The van der Waals surface area contributed by atoms with Crippen LogP contribution in [0.25, 0.3) is 0 Å². The van der Waals surface area contributed by atoms with Gasteiger partial charge in [-0.25, -0.2) is 0 Å². The molecule has 98 valence electrons. The van der Waals surface area contributed by atoms with Crippen molar-refractivity contribution in [1.82, 2.24) is 5.06 Å². The summed E-state index contributed by atoms with van der Waals surface area (Å²) in [5, 5.41) is 1.48. The summed E-state index contributed by atoms with van der Waals surface area (Å²) in [7, 11) is 0. The second-order valence-corrected chi connectivity index (χ2v) is 4.63. The minimum atomic E-state index is -4.36. The average Bonchev–Trinajstić information content (AvgIpc) is 2.59. The lowest BCUT2D eigenvalue weighted by atomic mass is 10.1. The van der Waals surface area contributed by atoms with Gasteiger partial charge >= 0.3 is 6.18 Å². The highest BCUT2D eigenvalue weighted by atomic mass is 35.5. The number of alkyl halides is 3. The van der Waals surface area contributed by atoms with Crippen LogP contribution in [0.4, 0.5) is 13.2 Å². The molecule has 1 heterocycles. The summed E-state index contributed by atoms with van der Waals surface area (Å²) in [5.41, 5.74) is 0.586. The normalized spacial score (nSPS) is 20.7. The lowest BCUT2D eigenvalue weighted by molar-refractivity contribution is -0.213. The average molecular weight is 298 g/mol. The third kappa shape index (κ3) is 3.10. The summed E-state index contributed by atoms with van der Waals surface area (Å²) < 4.78 is 37.1. The van der Waals surface area contributed by atoms with Crippen molar-refractivity contribution in [1.29, 1.82) is 0 Å². The van der Waals surface area contributed by atoms with Gasteiger partial charge in [-0.05, 0) is 17.7 Å². The fourth-order valence-corrected chi connectivity index (χ4v) is 2.06. The molecule has 0 aliphatic carbocycles. The molecule has 0 radical (unpaired) electrons. The zero-order chi connectivity index (χ0) is 13.3. The predicted molar refractivity (Wildman–Crippen MR) is 62.0 cm³/mol. The number of benzene rings is 1. The van der Waals surface area contributed by atoms with Gasteiger partial charge in [0.1, 0.15) is 18.8 Å². The van der Waals surface area contributed by atoms with E-state index >= 15 is 0 Å². The Labute approximate surface area is 111 Å². The van der Waals surface area contributed by atoms with Gasteiger partial charge in [-0.3, -0.25) is 0 Å². The van der Waals surface area contributed by atoms with E-state index in [1.54, 1.807) is 24.3 Å². The lowest BCUT2D eigenvalue weighted by Gasteiger charge is -2.24. The van der Waals surface area contributed by atoms with Gasteiger partial charge in [0.2, 0.25) is 0 Å². The highest BCUT2D eigenvalue weighted by molar-refractivity contribution is 6.31. The molecule has 1 aliphatic heterocycles. The SMILES string of the molecule is FC(F)(F)CN1OC=C(Cl)C1c1ccc(Cl)cc1. The standard InChI is InChI=1S/C11H8Cl2F3NO/c12-8-3-1-7(2-4-8)10-9(13)5-18-17(10)6-11(14,15)16/h1-5,10H,6H2. The first-order valence-corrected chi connectivity index (χ1v) is 5.73. The van der Waals surface area contributed by atoms with E-state index in [2.05, 4.69) is 0 Å². The van der Waals surface area contributed by atoms with Gasteiger partial charge in [0, 0.05) is 5.02 Å². The Kier molecular flexibility index (Phi) is 3.75. The van der Waals surface area contributed by atoms with Crippen LogP contribution in [-0.2, 0) is 4.84 Å². The molecule has 0 spiro atoms. The van der Waals surface area contributed by atoms with E-state index < -0.39 is 18.8 Å². The van der Waals surface area contributed by atoms with E-state index in [0.29, 0.717) is 10.6 Å². The first kappa shape index (κ1) is 13.5. The maximum atomic E-state index is 12.4. The smallest absolute Gasteiger partial charge is 0.404 e. The van der Waals surface area contributed by atoms with Crippen molar-refractivity contribution in [2.75, 3.05) is 6.54 Å². The Morgan fingerprint density at radius 3 is 2.33 bits per heavy atom. The van der Waals surface area contributed by atoms with Gasteiger partial charge in [0.25, 0.3) is 0 Å². The van der Waals surface area contributed by atoms with Crippen LogP contribution in [0, 0.1) is 0 Å². The van der Waals surface area contributed by atoms with Gasteiger partial charge in [0.15, 0.2) is 0 Å². The van der Waals surface area contributed by atoms with Crippen molar-refractivity contribution in [3.8, 4) is 0 Å². The van der Waals surface area contributed by atoms with Crippen molar-refractivity contribution < 1.29 is 18.0 Å². The molecule has 1 aromatic carbocycles. The van der Waals surface area contributed by atoms with E-state index in [4.69, 9.17) is 28.0 Å². The van der Waals surface area contributed by atoms with Crippen LogP contribution >= 0.6 is 23.2 Å². The Balaban J connectivity index is 2.22. The molecule has 0 aromatic heterocycles. The largest absolute Gasteiger partial charge is 0.411 e. The molecule has 0 N–H and O–H groups in total. The molecular formula is C11H8Cl2F3NO. The third-order valence-corrected chi connectivity index (χ3v) is 2.92. The highest BCUT2D eigenvalue weighted by Gasteiger charge is 2.39. The van der Waals surface area contributed by atoms with Gasteiger partial charge in [-0.1, -0.05) is 35.3 Å². The second kappa shape index (κ2) is 4.99. The summed E-state index contributed by atoms with van der Waals surface area (Å²) in [5.74, 6) is 0. The van der Waals surface area contributed by atoms with Gasteiger partial charge in [-0.2, -0.15) is 13.2 Å². The van der Waals surface area contributed by atoms with Gasteiger partial charge in [0.05, 0.1) is 5.03 Å². The van der Waals surface area contributed by atoms with Crippen LogP contribution in [0.5, 0.6) is 0 Å². The molecule has 1 atom stereocenters. The molecule has 0 fully saturated rings. The number of hydrogen-bond acceptors (Lipinski definition) is 2. The predicted octanol–water partition coefficient (Wildman–Crippen LogP) is 4.27.